The van der Waals surface area contributed by atoms with Crippen molar-refractivity contribution in [2.24, 2.45) is 5.92 Å². The third-order valence-electron chi connectivity index (χ3n) is 5.40. The summed E-state index contributed by atoms with van der Waals surface area (Å²) in [6, 6.07) is 15.8. The number of benzene rings is 2. The minimum atomic E-state index is -0.905. The van der Waals surface area contributed by atoms with Crippen LogP contribution >= 0.6 is 11.6 Å². The molecule has 7 heteroatoms. The quantitative estimate of drug-likeness (QED) is 0.377. The van der Waals surface area contributed by atoms with Crippen LogP contribution in [0.4, 0.5) is 0 Å². The second kappa shape index (κ2) is 9.85. The molecule has 0 saturated carbocycles. The Labute approximate surface area is 175 Å². The molecular formula is C22H25ClN2O4. The number of hydrogen-bond donors (Lipinski definition) is 0. The Kier molecular flexibility index (Phi) is 7.23. The Balaban J connectivity index is 1.94. The van der Waals surface area contributed by atoms with Gasteiger partial charge in [-0.1, -0.05) is 54.1 Å². The summed E-state index contributed by atoms with van der Waals surface area (Å²) in [6.07, 6.45) is 0.629. The fourth-order valence-corrected chi connectivity index (χ4v) is 4.25. The highest BCUT2D eigenvalue weighted by molar-refractivity contribution is 6.30. The van der Waals surface area contributed by atoms with Crippen molar-refractivity contribution in [2.45, 2.75) is 38.4 Å². The van der Waals surface area contributed by atoms with Gasteiger partial charge < -0.3 is 4.74 Å². The Bertz CT molecular complexity index is 828. The van der Waals surface area contributed by atoms with Crippen molar-refractivity contribution < 1.29 is 14.5 Å². The van der Waals surface area contributed by atoms with Crippen LogP contribution in [0, 0.1) is 16.0 Å². The molecule has 0 unspecified atom stereocenters. The summed E-state index contributed by atoms with van der Waals surface area (Å²) in [5.74, 6) is -0.757. The van der Waals surface area contributed by atoms with E-state index in [0.29, 0.717) is 24.5 Å². The van der Waals surface area contributed by atoms with E-state index in [4.69, 9.17) is 16.3 Å². The molecule has 0 spiro atoms. The van der Waals surface area contributed by atoms with Crippen LogP contribution < -0.4 is 0 Å². The molecule has 0 amide bonds. The summed E-state index contributed by atoms with van der Waals surface area (Å²) >= 11 is 6.04. The molecule has 1 heterocycles. The van der Waals surface area contributed by atoms with Crippen LogP contribution in [-0.2, 0) is 16.1 Å². The highest BCUT2D eigenvalue weighted by atomic mass is 35.5. The Morgan fingerprint density at radius 3 is 2.52 bits per heavy atom. The molecule has 29 heavy (non-hydrogen) atoms. The van der Waals surface area contributed by atoms with Gasteiger partial charge in [0.15, 0.2) is 0 Å². The zero-order valence-electron chi connectivity index (χ0n) is 16.4. The average Bonchev–Trinajstić information content (AvgIpc) is 2.70. The molecule has 0 bridgehead atoms. The Morgan fingerprint density at radius 2 is 1.90 bits per heavy atom. The molecule has 0 aromatic heterocycles. The van der Waals surface area contributed by atoms with Gasteiger partial charge in [-0.2, -0.15) is 0 Å². The van der Waals surface area contributed by atoms with Crippen LogP contribution in [-0.4, -0.2) is 35.0 Å². The van der Waals surface area contributed by atoms with Crippen molar-refractivity contribution in [3.8, 4) is 0 Å². The van der Waals surface area contributed by atoms with E-state index in [2.05, 4.69) is 4.90 Å². The molecule has 154 valence electrons. The molecule has 1 aliphatic heterocycles. The van der Waals surface area contributed by atoms with E-state index in [1.807, 2.05) is 42.5 Å². The smallest absolute Gasteiger partial charge is 0.306 e. The predicted molar refractivity (Wildman–Crippen MR) is 111 cm³/mol. The summed E-state index contributed by atoms with van der Waals surface area (Å²) in [7, 11) is 0. The second-order valence-electron chi connectivity index (χ2n) is 7.29. The zero-order chi connectivity index (χ0) is 20.8. The van der Waals surface area contributed by atoms with Crippen molar-refractivity contribution >= 4 is 17.6 Å². The minimum Gasteiger partial charge on any atom is -0.466 e. The van der Waals surface area contributed by atoms with Gasteiger partial charge in [-0.05, 0) is 43.1 Å². The highest BCUT2D eigenvalue weighted by Crippen LogP contribution is 2.39. The number of halogens is 1. The number of piperidine rings is 1. The van der Waals surface area contributed by atoms with E-state index in [1.165, 1.54) is 0 Å². The van der Waals surface area contributed by atoms with Crippen LogP contribution in [0.1, 0.15) is 36.9 Å². The summed E-state index contributed by atoms with van der Waals surface area (Å²) < 4.78 is 5.06. The van der Waals surface area contributed by atoms with Crippen molar-refractivity contribution in [3.05, 3.63) is 80.9 Å². The number of carbonyl (C=O) groups is 1. The number of rotatable bonds is 7. The molecule has 6 nitrogen and oxygen atoms in total. The lowest BCUT2D eigenvalue weighted by Gasteiger charge is -2.41. The first-order valence-corrected chi connectivity index (χ1v) is 10.2. The van der Waals surface area contributed by atoms with Crippen molar-refractivity contribution in [1.29, 1.82) is 0 Å². The molecule has 2 aromatic carbocycles. The number of likely N-dealkylation sites (tertiary alicyclic amines) is 1. The lowest BCUT2D eigenvalue weighted by molar-refractivity contribution is -0.545. The molecule has 0 N–H and O–H groups in total. The molecule has 1 aliphatic rings. The number of hydrogen-bond acceptors (Lipinski definition) is 5. The van der Waals surface area contributed by atoms with Crippen LogP contribution in [0.2, 0.25) is 5.02 Å². The first-order chi connectivity index (χ1) is 14.0. The predicted octanol–water partition coefficient (Wildman–Crippen LogP) is 4.50. The molecule has 3 rings (SSSR count). The zero-order valence-corrected chi connectivity index (χ0v) is 17.1. The molecule has 3 atom stereocenters. The van der Waals surface area contributed by atoms with E-state index in [1.54, 1.807) is 19.1 Å². The third kappa shape index (κ3) is 5.34. The van der Waals surface area contributed by atoms with Crippen molar-refractivity contribution in [3.63, 3.8) is 0 Å². The van der Waals surface area contributed by atoms with Crippen molar-refractivity contribution in [1.82, 2.24) is 4.90 Å². The van der Waals surface area contributed by atoms with Gasteiger partial charge in [0.1, 0.15) is 6.04 Å². The van der Waals surface area contributed by atoms with E-state index < -0.39 is 12.1 Å². The fourth-order valence-electron chi connectivity index (χ4n) is 4.12. The summed E-state index contributed by atoms with van der Waals surface area (Å²) in [6.45, 7) is 3.28. The summed E-state index contributed by atoms with van der Waals surface area (Å²) in [4.78, 5) is 26.1. The molecule has 0 radical (unpaired) electrons. The third-order valence-corrected chi connectivity index (χ3v) is 5.66. The van der Waals surface area contributed by atoms with E-state index in [0.717, 1.165) is 11.1 Å². The fraction of sp³-hybridized carbons (Fsp3) is 0.409. The maximum Gasteiger partial charge on any atom is 0.306 e. The molecule has 0 aliphatic carbocycles. The molecular weight excluding hydrogens is 392 g/mol. The van der Waals surface area contributed by atoms with Gasteiger partial charge >= 0.3 is 5.97 Å². The highest BCUT2D eigenvalue weighted by Gasteiger charge is 2.47. The van der Waals surface area contributed by atoms with Crippen LogP contribution in [0.3, 0.4) is 0 Å². The second-order valence-corrected chi connectivity index (χ2v) is 7.72. The van der Waals surface area contributed by atoms with Gasteiger partial charge in [-0.3, -0.25) is 19.8 Å². The Morgan fingerprint density at radius 1 is 1.21 bits per heavy atom. The lowest BCUT2D eigenvalue weighted by Crippen LogP contribution is -2.50. The number of nitrogens with zero attached hydrogens (tertiary/aromatic N) is 2. The average molecular weight is 417 g/mol. The standard InChI is InChI=1S/C22H25ClN2O4/c1-2-29-20(26)14-18-12-13-24(15-16-6-4-3-5-7-16)21(22(18)25(27)28)17-8-10-19(23)11-9-17/h3-11,18,21-22H,2,12-15H2,1H3/t18-,21+,22-/m1/s1. The first-order valence-electron chi connectivity index (χ1n) is 9.82. The van der Waals surface area contributed by atoms with Gasteiger partial charge in [-0.25, -0.2) is 0 Å². The number of ether oxygens (including phenoxy) is 1. The van der Waals surface area contributed by atoms with Crippen LogP contribution in [0.25, 0.3) is 0 Å². The number of esters is 1. The maximum absolute atomic E-state index is 12.2. The molecule has 2 aromatic rings. The monoisotopic (exact) mass is 416 g/mol. The molecule has 1 saturated heterocycles. The Hall–Kier alpha value is -2.44. The van der Waals surface area contributed by atoms with Gasteiger partial charge in [0.2, 0.25) is 6.04 Å². The first kappa shape index (κ1) is 21.3. The van der Waals surface area contributed by atoms with Gasteiger partial charge in [0.05, 0.1) is 13.0 Å². The topological polar surface area (TPSA) is 72.7 Å². The largest absolute Gasteiger partial charge is 0.466 e. The van der Waals surface area contributed by atoms with Crippen molar-refractivity contribution in [2.75, 3.05) is 13.2 Å². The summed E-state index contributed by atoms with van der Waals surface area (Å²) in [5, 5.41) is 12.7. The van der Waals surface area contributed by atoms with E-state index >= 15 is 0 Å². The van der Waals surface area contributed by atoms with Crippen LogP contribution in [0.5, 0.6) is 0 Å². The summed E-state index contributed by atoms with van der Waals surface area (Å²) in [5.41, 5.74) is 1.93. The number of nitro groups is 1. The van der Waals surface area contributed by atoms with Gasteiger partial charge in [-0.15, -0.1) is 0 Å². The van der Waals surface area contributed by atoms with E-state index in [9.17, 15) is 14.9 Å². The maximum atomic E-state index is 12.2. The lowest BCUT2D eigenvalue weighted by atomic mass is 9.80. The SMILES string of the molecule is CCOC(=O)C[C@H]1CCN(Cc2ccccc2)[C@@H](c2ccc(Cl)cc2)[C@@H]1[N+](=O)[O-]. The normalized spacial score (nSPS) is 22.2. The van der Waals surface area contributed by atoms with Crippen LogP contribution in [0.15, 0.2) is 54.6 Å². The molecule has 1 fully saturated rings. The van der Waals surface area contributed by atoms with Gasteiger partial charge in [0.25, 0.3) is 0 Å². The van der Waals surface area contributed by atoms with E-state index in [-0.39, 0.29) is 29.8 Å². The number of carbonyl (C=O) groups excluding carboxylic acids is 1. The minimum absolute atomic E-state index is 0.0583. The van der Waals surface area contributed by atoms with Gasteiger partial charge in [0, 0.05) is 22.4 Å².